The molecule has 1 saturated carbocycles. The van der Waals surface area contributed by atoms with E-state index in [1.165, 1.54) is 11.3 Å². The molecule has 5 nitrogen and oxygen atoms in total. The van der Waals surface area contributed by atoms with Crippen LogP contribution in [0.25, 0.3) is 0 Å². The fourth-order valence-corrected chi connectivity index (χ4v) is 2.57. The van der Waals surface area contributed by atoms with Crippen molar-refractivity contribution < 1.29 is 14.7 Å². The predicted molar refractivity (Wildman–Crippen MR) is 78.9 cm³/mol. The molecule has 0 spiro atoms. The van der Waals surface area contributed by atoms with Gasteiger partial charge in [0.15, 0.2) is 0 Å². The smallest absolute Gasteiger partial charge is 0.261 e. The number of thiophene rings is 1. The summed E-state index contributed by atoms with van der Waals surface area (Å²) in [5.74, 6) is 0.135. The predicted octanol–water partition coefficient (Wildman–Crippen LogP) is 1.84. The van der Waals surface area contributed by atoms with Gasteiger partial charge in [0.1, 0.15) is 0 Å². The van der Waals surface area contributed by atoms with Crippen molar-refractivity contribution in [2.24, 2.45) is 11.8 Å². The number of aliphatic hydroxyl groups excluding tert-OH is 1. The van der Waals surface area contributed by atoms with Crippen molar-refractivity contribution in [3.05, 3.63) is 17.0 Å². The van der Waals surface area contributed by atoms with Crippen LogP contribution in [-0.4, -0.2) is 29.6 Å². The van der Waals surface area contributed by atoms with Gasteiger partial charge < -0.3 is 15.7 Å². The maximum atomic E-state index is 12.0. The van der Waals surface area contributed by atoms with Gasteiger partial charge in [0.05, 0.1) is 22.5 Å². The van der Waals surface area contributed by atoms with Gasteiger partial charge in [-0.05, 0) is 30.9 Å². The van der Waals surface area contributed by atoms with E-state index in [-0.39, 0.29) is 36.3 Å². The lowest BCUT2D eigenvalue weighted by Gasteiger charge is -2.19. The molecule has 0 aliphatic heterocycles. The zero-order valence-corrected chi connectivity index (χ0v) is 12.5. The monoisotopic (exact) mass is 296 g/mol. The molecule has 0 saturated heterocycles. The first kappa shape index (κ1) is 15.0. The molecule has 6 heteroatoms. The highest BCUT2D eigenvalue weighted by Crippen LogP contribution is 2.31. The Morgan fingerprint density at radius 3 is 2.65 bits per heavy atom. The highest BCUT2D eigenvalue weighted by Gasteiger charge is 2.30. The Kier molecular flexibility index (Phi) is 4.77. The van der Waals surface area contributed by atoms with Crippen LogP contribution in [0.3, 0.4) is 0 Å². The first-order chi connectivity index (χ1) is 9.51. The maximum Gasteiger partial charge on any atom is 0.261 e. The topological polar surface area (TPSA) is 78.4 Å². The second-order valence-corrected chi connectivity index (χ2v) is 6.52. The Hall–Kier alpha value is -1.40. The van der Waals surface area contributed by atoms with Crippen molar-refractivity contribution >= 4 is 28.2 Å². The van der Waals surface area contributed by atoms with E-state index in [1.54, 1.807) is 12.1 Å². The summed E-state index contributed by atoms with van der Waals surface area (Å²) >= 11 is 1.25. The minimum atomic E-state index is -0.255. The number of amides is 2. The number of carbonyl (C=O) groups excluding carboxylic acids is 2. The minimum Gasteiger partial charge on any atom is -0.394 e. The maximum absolute atomic E-state index is 12.0. The molecule has 1 aliphatic carbocycles. The van der Waals surface area contributed by atoms with E-state index in [2.05, 4.69) is 10.6 Å². The quantitative estimate of drug-likeness (QED) is 0.749. The number of nitrogens with one attached hydrogen (secondary N) is 2. The summed E-state index contributed by atoms with van der Waals surface area (Å²) in [5.41, 5.74) is 0. The summed E-state index contributed by atoms with van der Waals surface area (Å²) < 4.78 is 0. The highest BCUT2D eigenvalue weighted by atomic mass is 32.1. The lowest BCUT2D eigenvalue weighted by atomic mass is 10.1. The Labute approximate surface area is 122 Å². The molecule has 1 atom stereocenters. The summed E-state index contributed by atoms with van der Waals surface area (Å²) in [6.07, 6.45) is 1.91. The first-order valence-electron chi connectivity index (χ1n) is 6.83. The molecule has 3 N–H and O–H groups in total. The summed E-state index contributed by atoms with van der Waals surface area (Å²) in [6.45, 7) is 3.80. The van der Waals surface area contributed by atoms with Crippen LogP contribution < -0.4 is 10.6 Å². The summed E-state index contributed by atoms with van der Waals surface area (Å²) in [5, 5.41) is 15.5. The van der Waals surface area contributed by atoms with Crippen LogP contribution in [0.1, 0.15) is 36.4 Å². The standard InChI is InChI=1S/C14H20N2O3S/c1-8(2)10(7-17)15-14(19)11-5-6-12(20-11)16-13(18)9-3-4-9/h5-6,8-10,17H,3-4,7H2,1-2H3,(H,15,19)(H,16,18). The van der Waals surface area contributed by atoms with Crippen LogP contribution in [0.4, 0.5) is 5.00 Å². The van der Waals surface area contributed by atoms with Gasteiger partial charge in [0.25, 0.3) is 5.91 Å². The molecule has 1 aromatic rings. The normalized spacial score (nSPS) is 16.0. The third-order valence-corrected chi connectivity index (χ3v) is 4.34. The molecule has 1 aliphatic rings. The minimum absolute atomic E-state index is 0.0363. The van der Waals surface area contributed by atoms with Gasteiger partial charge in [0, 0.05) is 5.92 Å². The number of hydrogen-bond acceptors (Lipinski definition) is 4. The Morgan fingerprint density at radius 2 is 2.10 bits per heavy atom. The van der Waals surface area contributed by atoms with Crippen LogP contribution in [-0.2, 0) is 4.79 Å². The average Bonchev–Trinajstić information content (AvgIpc) is 3.16. The number of anilines is 1. The van der Waals surface area contributed by atoms with Crippen molar-refractivity contribution in [2.75, 3.05) is 11.9 Å². The Morgan fingerprint density at radius 1 is 1.40 bits per heavy atom. The molecular formula is C14H20N2O3S. The van der Waals surface area contributed by atoms with Gasteiger partial charge in [0.2, 0.25) is 5.91 Å². The fourth-order valence-electron chi connectivity index (χ4n) is 1.76. The van der Waals surface area contributed by atoms with Crippen molar-refractivity contribution in [2.45, 2.75) is 32.7 Å². The molecule has 1 unspecified atom stereocenters. The largest absolute Gasteiger partial charge is 0.394 e. The van der Waals surface area contributed by atoms with E-state index in [9.17, 15) is 14.7 Å². The van der Waals surface area contributed by atoms with Crippen LogP contribution in [0.15, 0.2) is 12.1 Å². The average molecular weight is 296 g/mol. The van der Waals surface area contributed by atoms with Crippen LogP contribution >= 0.6 is 11.3 Å². The van der Waals surface area contributed by atoms with Gasteiger partial charge in [-0.25, -0.2) is 0 Å². The zero-order valence-electron chi connectivity index (χ0n) is 11.7. The molecule has 20 heavy (non-hydrogen) atoms. The second kappa shape index (κ2) is 6.37. The molecule has 0 aromatic carbocycles. The summed E-state index contributed by atoms with van der Waals surface area (Å²) in [4.78, 5) is 24.2. The summed E-state index contributed by atoms with van der Waals surface area (Å²) in [6, 6.07) is 3.18. The van der Waals surface area contributed by atoms with E-state index in [0.717, 1.165) is 12.8 Å². The SMILES string of the molecule is CC(C)C(CO)NC(=O)c1ccc(NC(=O)C2CC2)s1. The third kappa shape index (κ3) is 3.80. The van der Waals surface area contributed by atoms with Crippen molar-refractivity contribution in [1.82, 2.24) is 5.32 Å². The van der Waals surface area contributed by atoms with E-state index in [4.69, 9.17) is 0 Å². The molecule has 110 valence electrons. The zero-order chi connectivity index (χ0) is 14.7. The van der Waals surface area contributed by atoms with Gasteiger partial charge >= 0.3 is 0 Å². The van der Waals surface area contributed by atoms with Crippen LogP contribution in [0, 0.1) is 11.8 Å². The first-order valence-corrected chi connectivity index (χ1v) is 7.65. The Bertz CT molecular complexity index is 494. The Balaban J connectivity index is 1.93. The molecule has 0 bridgehead atoms. The number of aliphatic hydroxyl groups is 1. The molecule has 0 radical (unpaired) electrons. The number of rotatable bonds is 6. The third-order valence-electron chi connectivity index (χ3n) is 3.34. The molecule has 1 aromatic heterocycles. The van der Waals surface area contributed by atoms with Crippen molar-refractivity contribution in [3.8, 4) is 0 Å². The van der Waals surface area contributed by atoms with E-state index in [0.29, 0.717) is 9.88 Å². The molecule has 1 heterocycles. The molecule has 2 amide bonds. The van der Waals surface area contributed by atoms with E-state index < -0.39 is 0 Å². The van der Waals surface area contributed by atoms with Crippen LogP contribution in [0.2, 0.25) is 0 Å². The lowest BCUT2D eigenvalue weighted by molar-refractivity contribution is -0.117. The highest BCUT2D eigenvalue weighted by molar-refractivity contribution is 7.18. The van der Waals surface area contributed by atoms with Gasteiger partial charge in [-0.2, -0.15) is 0 Å². The molecule has 1 fully saturated rings. The fraction of sp³-hybridized carbons (Fsp3) is 0.571. The van der Waals surface area contributed by atoms with E-state index >= 15 is 0 Å². The molecule has 2 rings (SSSR count). The second-order valence-electron chi connectivity index (χ2n) is 5.43. The van der Waals surface area contributed by atoms with Gasteiger partial charge in [-0.1, -0.05) is 13.8 Å². The van der Waals surface area contributed by atoms with Gasteiger partial charge in [-0.3, -0.25) is 9.59 Å². The summed E-state index contributed by atoms with van der Waals surface area (Å²) in [7, 11) is 0. The van der Waals surface area contributed by atoms with Crippen LogP contribution in [0.5, 0.6) is 0 Å². The number of carbonyl (C=O) groups is 2. The molecular weight excluding hydrogens is 276 g/mol. The lowest BCUT2D eigenvalue weighted by Crippen LogP contribution is -2.40. The number of hydrogen-bond donors (Lipinski definition) is 3. The van der Waals surface area contributed by atoms with Gasteiger partial charge in [-0.15, -0.1) is 11.3 Å². The van der Waals surface area contributed by atoms with E-state index in [1.807, 2.05) is 13.8 Å². The van der Waals surface area contributed by atoms with Crippen molar-refractivity contribution in [3.63, 3.8) is 0 Å². The van der Waals surface area contributed by atoms with Crippen molar-refractivity contribution in [1.29, 1.82) is 0 Å².